The highest BCUT2D eigenvalue weighted by molar-refractivity contribution is 6.30. The second-order valence-electron chi connectivity index (χ2n) is 10.8. The number of rotatable bonds is 7. The van der Waals surface area contributed by atoms with Gasteiger partial charge in [0.1, 0.15) is 11.6 Å². The first-order valence-corrected chi connectivity index (χ1v) is 11.9. The zero-order valence-electron chi connectivity index (χ0n) is 20.6. The fourth-order valence-electron chi connectivity index (χ4n) is 4.08. The average Bonchev–Trinajstić information content (AvgIpc) is 3.03. The Balaban J connectivity index is 2.04. The van der Waals surface area contributed by atoms with Gasteiger partial charge in [-0.2, -0.15) is 5.26 Å². The van der Waals surface area contributed by atoms with Crippen LogP contribution in [-0.2, 0) is 9.53 Å². The molecule has 1 fully saturated rings. The fourth-order valence-corrected chi connectivity index (χ4v) is 4.21. The Hall–Kier alpha value is -2.46. The lowest BCUT2D eigenvalue weighted by atomic mass is 9.83. The zero-order chi connectivity index (χ0) is 24.8. The van der Waals surface area contributed by atoms with Crippen LogP contribution < -0.4 is 15.5 Å². The first-order chi connectivity index (χ1) is 15.3. The number of hydrogen-bond donors (Lipinski definition) is 2. The summed E-state index contributed by atoms with van der Waals surface area (Å²) in [5, 5.41) is 16.1. The number of carbonyl (C=O) groups is 2. The van der Waals surface area contributed by atoms with Crippen molar-refractivity contribution in [3.63, 3.8) is 0 Å². The Morgan fingerprint density at radius 2 is 1.73 bits per heavy atom. The smallest absolute Gasteiger partial charge is 0.407 e. The van der Waals surface area contributed by atoms with Gasteiger partial charge in [0.25, 0.3) is 0 Å². The van der Waals surface area contributed by atoms with Gasteiger partial charge in [-0.15, -0.1) is 0 Å². The lowest BCUT2D eigenvalue weighted by Gasteiger charge is -2.35. The van der Waals surface area contributed by atoms with Gasteiger partial charge >= 0.3 is 6.09 Å². The van der Waals surface area contributed by atoms with Gasteiger partial charge in [0.05, 0.1) is 12.0 Å². The number of ether oxygens (including phenoxy) is 1. The van der Waals surface area contributed by atoms with E-state index < -0.39 is 17.7 Å². The normalized spacial score (nSPS) is 20.8. The minimum Gasteiger partial charge on any atom is -0.444 e. The first kappa shape index (κ1) is 26.8. The van der Waals surface area contributed by atoms with Crippen molar-refractivity contribution in [2.45, 2.75) is 78.5 Å². The zero-order valence-corrected chi connectivity index (χ0v) is 21.3. The first-order valence-electron chi connectivity index (χ1n) is 11.5. The molecule has 2 rings (SSSR count). The number of carbonyl (C=O) groups excluding carboxylic acids is 2. The highest BCUT2D eigenvalue weighted by Gasteiger charge is 2.45. The molecule has 1 aromatic carbocycles. The molecule has 0 bridgehead atoms. The van der Waals surface area contributed by atoms with Crippen molar-refractivity contribution in [3.8, 4) is 6.07 Å². The molecule has 7 nitrogen and oxygen atoms in total. The number of benzene rings is 1. The van der Waals surface area contributed by atoms with Gasteiger partial charge in [0.2, 0.25) is 5.91 Å². The van der Waals surface area contributed by atoms with Crippen LogP contribution in [0.4, 0.5) is 10.5 Å². The summed E-state index contributed by atoms with van der Waals surface area (Å²) in [4.78, 5) is 27.0. The third-order valence-electron chi connectivity index (χ3n) is 5.37. The molecule has 0 aromatic heterocycles. The minimum atomic E-state index is -0.549. The molecule has 1 saturated heterocycles. The summed E-state index contributed by atoms with van der Waals surface area (Å²) in [7, 11) is 0. The Morgan fingerprint density at radius 3 is 2.27 bits per heavy atom. The third-order valence-corrected chi connectivity index (χ3v) is 5.62. The van der Waals surface area contributed by atoms with E-state index in [4.69, 9.17) is 16.3 Å². The van der Waals surface area contributed by atoms with Crippen LogP contribution in [0.15, 0.2) is 24.3 Å². The second-order valence-corrected chi connectivity index (χ2v) is 11.2. The Labute approximate surface area is 202 Å². The number of nitrogens with one attached hydrogen (secondary N) is 2. The summed E-state index contributed by atoms with van der Waals surface area (Å²) in [6.45, 7) is 12.7. The van der Waals surface area contributed by atoms with Crippen molar-refractivity contribution in [3.05, 3.63) is 29.3 Å². The van der Waals surface area contributed by atoms with Crippen molar-refractivity contribution in [2.24, 2.45) is 11.3 Å². The highest BCUT2D eigenvalue weighted by Crippen LogP contribution is 2.40. The SMILES string of the molecule is CC(C)(C)CC1C(C#N)CC(C(=O)NCCCNC(=O)OC(C)(C)C)N1c1ccc(Cl)cc1. The highest BCUT2D eigenvalue weighted by atomic mass is 35.5. The average molecular weight is 477 g/mol. The van der Waals surface area contributed by atoms with E-state index in [0.29, 0.717) is 31.0 Å². The summed E-state index contributed by atoms with van der Waals surface area (Å²) in [6.07, 6.45) is 1.37. The Morgan fingerprint density at radius 1 is 1.12 bits per heavy atom. The van der Waals surface area contributed by atoms with Gasteiger partial charge in [0.15, 0.2) is 0 Å². The van der Waals surface area contributed by atoms with E-state index in [9.17, 15) is 14.9 Å². The third kappa shape index (κ3) is 8.43. The lowest BCUT2D eigenvalue weighted by Crippen LogP contribution is -2.47. The molecule has 182 valence electrons. The maximum absolute atomic E-state index is 13.2. The largest absolute Gasteiger partial charge is 0.444 e. The molecule has 0 radical (unpaired) electrons. The van der Waals surface area contributed by atoms with E-state index in [2.05, 4.69) is 42.4 Å². The number of amides is 2. The van der Waals surface area contributed by atoms with E-state index >= 15 is 0 Å². The van der Waals surface area contributed by atoms with Crippen LogP contribution in [0.5, 0.6) is 0 Å². The van der Waals surface area contributed by atoms with Crippen molar-refractivity contribution in [1.82, 2.24) is 10.6 Å². The van der Waals surface area contributed by atoms with Crippen LogP contribution >= 0.6 is 11.6 Å². The molecule has 2 amide bonds. The molecule has 8 heteroatoms. The standard InChI is InChI=1S/C25H37ClN4O3/c1-24(2,3)15-21-17(16-27)14-20(30(21)19-10-8-18(26)9-11-19)22(31)28-12-7-13-29-23(32)33-25(4,5)6/h8-11,17,20-21H,7,12-15H2,1-6H3,(H,28,31)(H,29,32). The van der Waals surface area contributed by atoms with Crippen LogP contribution in [0.3, 0.4) is 0 Å². The van der Waals surface area contributed by atoms with E-state index in [0.717, 1.165) is 12.1 Å². The number of nitrogens with zero attached hydrogens (tertiary/aromatic N) is 2. The summed E-state index contributed by atoms with van der Waals surface area (Å²) < 4.78 is 5.21. The lowest BCUT2D eigenvalue weighted by molar-refractivity contribution is -0.122. The topological polar surface area (TPSA) is 94.5 Å². The number of anilines is 1. The van der Waals surface area contributed by atoms with E-state index in [1.807, 2.05) is 45.0 Å². The summed E-state index contributed by atoms with van der Waals surface area (Å²) >= 11 is 6.08. The number of alkyl carbamates (subject to hydrolysis) is 1. The quantitative estimate of drug-likeness (QED) is 0.546. The van der Waals surface area contributed by atoms with E-state index in [1.54, 1.807) is 0 Å². The number of hydrogen-bond acceptors (Lipinski definition) is 5. The monoisotopic (exact) mass is 476 g/mol. The van der Waals surface area contributed by atoms with Crippen molar-refractivity contribution < 1.29 is 14.3 Å². The Bertz CT molecular complexity index is 852. The molecular weight excluding hydrogens is 440 g/mol. The van der Waals surface area contributed by atoms with Gasteiger partial charge in [-0.05, 0) is 69.7 Å². The van der Waals surface area contributed by atoms with Crippen LogP contribution in [0, 0.1) is 22.7 Å². The fraction of sp³-hybridized carbons (Fsp3) is 0.640. The van der Waals surface area contributed by atoms with Gasteiger partial charge < -0.3 is 20.3 Å². The number of nitriles is 1. The van der Waals surface area contributed by atoms with E-state index in [-0.39, 0.29) is 23.3 Å². The van der Waals surface area contributed by atoms with Crippen LogP contribution in [-0.4, -0.2) is 42.8 Å². The van der Waals surface area contributed by atoms with Crippen molar-refractivity contribution in [2.75, 3.05) is 18.0 Å². The summed E-state index contributed by atoms with van der Waals surface area (Å²) in [5.41, 5.74) is 0.341. The summed E-state index contributed by atoms with van der Waals surface area (Å²) in [5.74, 6) is -0.358. The molecular formula is C25H37ClN4O3. The van der Waals surface area contributed by atoms with Gasteiger partial charge in [0, 0.05) is 29.8 Å². The molecule has 3 unspecified atom stereocenters. The van der Waals surface area contributed by atoms with E-state index in [1.165, 1.54) is 0 Å². The Kier molecular flexibility index (Phi) is 9.02. The maximum Gasteiger partial charge on any atom is 0.407 e. The predicted molar refractivity (Wildman–Crippen MR) is 131 cm³/mol. The molecule has 2 N–H and O–H groups in total. The maximum atomic E-state index is 13.2. The molecule has 1 aliphatic rings. The van der Waals surface area contributed by atoms with Crippen molar-refractivity contribution in [1.29, 1.82) is 5.26 Å². The molecule has 1 aromatic rings. The molecule has 33 heavy (non-hydrogen) atoms. The van der Waals surface area contributed by atoms with Gasteiger partial charge in [-0.3, -0.25) is 4.79 Å². The van der Waals surface area contributed by atoms with Crippen LogP contribution in [0.2, 0.25) is 5.02 Å². The summed E-state index contributed by atoms with van der Waals surface area (Å²) in [6, 6.07) is 9.35. The van der Waals surface area contributed by atoms with Crippen LogP contribution in [0.25, 0.3) is 0 Å². The molecule has 0 aliphatic carbocycles. The molecule has 3 atom stereocenters. The van der Waals surface area contributed by atoms with Gasteiger partial charge in [-0.25, -0.2) is 4.79 Å². The minimum absolute atomic E-state index is 0.00312. The van der Waals surface area contributed by atoms with Crippen molar-refractivity contribution >= 4 is 29.3 Å². The second kappa shape index (κ2) is 11.1. The molecule has 1 aliphatic heterocycles. The van der Waals surface area contributed by atoms with Gasteiger partial charge in [-0.1, -0.05) is 32.4 Å². The predicted octanol–water partition coefficient (Wildman–Crippen LogP) is 4.89. The van der Waals surface area contributed by atoms with Crippen LogP contribution in [0.1, 0.15) is 60.8 Å². The molecule has 1 heterocycles. The molecule has 0 saturated carbocycles. The number of halogens is 1. The molecule has 0 spiro atoms.